The summed E-state index contributed by atoms with van der Waals surface area (Å²) < 4.78 is 5.66. The number of phenols is 1. The van der Waals surface area contributed by atoms with Crippen molar-refractivity contribution in [1.82, 2.24) is 24.9 Å². The van der Waals surface area contributed by atoms with E-state index in [0.29, 0.717) is 48.4 Å². The van der Waals surface area contributed by atoms with Crippen molar-refractivity contribution in [2.45, 2.75) is 97.3 Å². The lowest BCUT2D eigenvalue weighted by atomic mass is 10.00. The Hall–Kier alpha value is -2.62. The monoisotopic (exact) mass is 679 g/mol. The molecule has 9 heteroatoms. The molecule has 3 aliphatic rings. The van der Waals surface area contributed by atoms with Gasteiger partial charge >= 0.3 is 0 Å². The van der Waals surface area contributed by atoms with Crippen molar-refractivity contribution < 1.29 is 9.84 Å². The lowest BCUT2D eigenvalue weighted by Crippen LogP contribution is -2.51. The Morgan fingerprint density at radius 2 is 1.64 bits per heavy atom. The van der Waals surface area contributed by atoms with Gasteiger partial charge in [0.05, 0.1) is 12.6 Å². The van der Waals surface area contributed by atoms with Gasteiger partial charge < -0.3 is 29.9 Å². The molecule has 0 amide bonds. The van der Waals surface area contributed by atoms with E-state index in [-0.39, 0.29) is 0 Å². The van der Waals surface area contributed by atoms with E-state index in [1.807, 2.05) is 19.1 Å². The van der Waals surface area contributed by atoms with Crippen LogP contribution in [-0.2, 0) is 12.8 Å². The van der Waals surface area contributed by atoms with Crippen molar-refractivity contribution in [3.63, 3.8) is 0 Å². The first kappa shape index (κ1) is 35.7. The van der Waals surface area contributed by atoms with Gasteiger partial charge in [0, 0.05) is 50.8 Å². The zero-order valence-electron chi connectivity index (χ0n) is 29.2. The van der Waals surface area contributed by atoms with Gasteiger partial charge in [-0.1, -0.05) is 52.0 Å². The zero-order chi connectivity index (χ0) is 33.5. The van der Waals surface area contributed by atoms with Crippen LogP contribution < -0.4 is 10.1 Å². The quantitative estimate of drug-likeness (QED) is 0.198. The molecule has 0 aromatic heterocycles. The molecule has 0 spiro atoms. The van der Waals surface area contributed by atoms with E-state index in [9.17, 15) is 5.11 Å². The highest BCUT2D eigenvalue weighted by Gasteiger charge is 2.40. The van der Waals surface area contributed by atoms with Crippen molar-refractivity contribution in [2.24, 2.45) is 11.8 Å². The summed E-state index contributed by atoms with van der Waals surface area (Å²) in [5.74, 6) is 2.46. The molecular formula is C38H57N5O2S2. The summed E-state index contributed by atoms with van der Waals surface area (Å²) in [5, 5.41) is 15.1. The van der Waals surface area contributed by atoms with E-state index >= 15 is 0 Å². The maximum atomic E-state index is 9.75. The number of nitrogens with zero attached hydrogens (tertiary/aromatic N) is 4. The van der Waals surface area contributed by atoms with Crippen LogP contribution in [0.2, 0.25) is 0 Å². The Morgan fingerprint density at radius 1 is 0.915 bits per heavy atom. The fourth-order valence-electron chi connectivity index (χ4n) is 7.81. The molecule has 0 saturated carbocycles. The number of likely N-dealkylation sites (tertiary alicyclic amines) is 1. The molecule has 3 heterocycles. The second kappa shape index (κ2) is 16.7. The molecule has 3 aliphatic heterocycles. The molecule has 2 N–H and O–H groups in total. The Balaban J connectivity index is 1.26. The average molecular weight is 680 g/mol. The zero-order valence-corrected chi connectivity index (χ0v) is 30.9. The van der Waals surface area contributed by atoms with Crippen LogP contribution >= 0.6 is 24.4 Å². The molecule has 0 radical (unpaired) electrons. The molecule has 2 aromatic carbocycles. The van der Waals surface area contributed by atoms with Gasteiger partial charge in [0.15, 0.2) is 10.2 Å². The Bertz CT molecular complexity index is 1300. The fraction of sp³-hybridized carbons (Fsp3) is 0.632. The van der Waals surface area contributed by atoms with E-state index in [4.69, 9.17) is 29.2 Å². The number of nitrogens with one attached hydrogen (secondary N) is 1. The summed E-state index contributed by atoms with van der Waals surface area (Å²) >= 11 is 12.2. The molecule has 258 valence electrons. The van der Waals surface area contributed by atoms with Crippen LogP contribution in [0, 0.1) is 11.8 Å². The largest absolute Gasteiger partial charge is 0.508 e. The van der Waals surface area contributed by atoms with E-state index in [1.54, 1.807) is 12.1 Å². The van der Waals surface area contributed by atoms with Crippen LogP contribution in [0.5, 0.6) is 11.5 Å². The van der Waals surface area contributed by atoms with Crippen LogP contribution in [0.3, 0.4) is 0 Å². The summed E-state index contributed by atoms with van der Waals surface area (Å²) in [6, 6.07) is 17.8. The van der Waals surface area contributed by atoms with Crippen LogP contribution in [-0.4, -0.2) is 105 Å². The lowest BCUT2D eigenvalue weighted by Gasteiger charge is -2.38. The summed E-state index contributed by atoms with van der Waals surface area (Å²) in [6.45, 7) is 18.1. The van der Waals surface area contributed by atoms with Crippen molar-refractivity contribution in [3.8, 4) is 11.5 Å². The smallest absolute Gasteiger partial charge is 0.172 e. The van der Waals surface area contributed by atoms with E-state index < -0.39 is 0 Å². The van der Waals surface area contributed by atoms with E-state index in [0.717, 1.165) is 80.9 Å². The first-order valence-corrected chi connectivity index (χ1v) is 18.8. The Labute approximate surface area is 294 Å². The number of aromatic hydroxyl groups is 1. The van der Waals surface area contributed by atoms with E-state index in [2.05, 4.69) is 76.9 Å². The molecule has 7 nitrogen and oxygen atoms in total. The third kappa shape index (κ3) is 9.51. The number of thiocarbonyl (C=S) groups is 2. The Kier molecular flexibility index (Phi) is 12.6. The van der Waals surface area contributed by atoms with Crippen molar-refractivity contribution in [3.05, 3.63) is 59.7 Å². The fourth-order valence-corrected chi connectivity index (χ4v) is 8.58. The molecule has 0 aliphatic carbocycles. The molecule has 1 unspecified atom stereocenters. The number of hydrogen-bond donors (Lipinski definition) is 2. The minimum Gasteiger partial charge on any atom is -0.508 e. The normalized spacial score (nSPS) is 22.6. The maximum absolute atomic E-state index is 9.75. The summed E-state index contributed by atoms with van der Waals surface area (Å²) in [5.41, 5.74) is 2.56. The standard InChI is InChI=1S/C38H57N5O2S2/c1-6-45-36-15-11-29(12-16-36)17-19-41-34(21-28(4)5)26-43(38(41)47)33(20-27(2)3)24-40-18-7-8-31(40)25-42-32(23-39-37(42)46)22-30-9-13-35(44)14-10-30/h9-16,27-28,31-34,44H,6-8,17-26H2,1-5H3,(H,39,46)/t31?,32-,33-,34-/m0/s1. The first-order chi connectivity index (χ1) is 22.6. The lowest BCUT2D eigenvalue weighted by molar-refractivity contribution is 0.149. The van der Waals surface area contributed by atoms with Gasteiger partial charge in [-0.3, -0.25) is 4.90 Å². The molecule has 2 aromatic rings. The number of rotatable bonds is 16. The molecule has 4 atom stereocenters. The average Bonchev–Trinajstić information content (AvgIpc) is 3.71. The van der Waals surface area contributed by atoms with Crippen LogP contribution in [0.1, 0.15) is 71.4 Å². The minimum absolute atomic E-state index is 0.312. The minimum atomic E-state index is 0.312. The Morgan fingerprint density at radius 3 is 2.32 bits per heavy atom. The summed E-state index contributed by atoms with van der Waals surface area (Å²) in [7, 11) is 0. The van der Waals surface area contributed by atoms with Gasteiger partial charge in [-0.15, -0.1) is 0 Å². The van der Waals surface area contributed by atoms with Gasteiger partial charge in [0.1, 0.15) is 11.5 Å². The summed E-state index contributed by atoms with van der Waals surface area (Å²) in [6.07, 6.45) is 6.62. The number of hydrogen-bond acceptors (Lipinski definition) is 5. The van der Waals surface area contributed by atoms with Crippen LogP contribution in [0.15, 0.2) is 48.5 Å². The second-order valence-electron chi connectivity index (χ2n) is 14.7. The second-order valence-corrected chi connectivity index (χ2v) is 15.4. The third-order valence-corrected chi connectivity index (χ3v) is 10.9. The van der Waals surface area contributed by atoms with Gasteiger partial charge in [-0.2, -0.15) is 0 Å². The van der Waals surface area contributed by atoms with Gasteiger partial charge in [0.25, 0.3) is 0 Å². The van der Waals surface area contributed by atoms with Gasteiger partial charge in [-0.25, -0.2) is 0 Å². The predicted octanol–water partition coefficient (Wildman–Crippen LogP) is 6.33. The van der Waals surface area contributed by atoms with Crippen molar-refractivity contribution in [1.29, 1.82) is 0 Å². The van der Waals surface area contributed by atoms with Gasteiger partial charge in [0.2, 0.25) is 0 Å². The number of benzene rings is 2. The number of phenolic OH excluding ortho intramolecular Hbond substituents is 1. The highest BCUT2D eigenvalue weighted by Crippen LogP contribution is 2.30. The molecule has 47 heavy (non-hydrogen) atoms. The van der Waals surface area contributed by atoms with Gasteiger partial charge in [-0.05, 0) is 124 Å². The van der Waals surface area contributed by atoms with Crippen LogP contribution in [0.25, 0.3) is 0 Å². The summed E-state index contributed by atoms with van der Waals surface area (Å²) in [4.78, 5) is 10.3. The predicted molar refractivity (Wildman–Crippen MR) is 201 cm³/mol. The topological polar surface area (TPSA) is 54.5 Å². The van der Waals surface area contributed by atoms with Crippen molar-refractivity contribution >= 4 is 34.7 Å². The van der Waals surface area contributed by atoms with E-state index in [1.165, 1.54) is 24.0 Å². The molecule has 5 rings (SSSR count). The van der Waals surface area contributed by atoms with Crippen LogP contribution in [0.4, 0.5) is 0 Å². The molecule has 3 saturated heterocycles. The molecule has 0 bridgehead atoms. The number of ether oxygens (including phenoxy) is 1. The maximum Gasteiger partial charge on any atom is 0.172 e. The highest BCUT2D eigenvalue weighted by atomic mass is 32.1. The highest BCUT2D eigenvalue weighted by molar-refractivity contribution is 7.80. The first-order valence-electron chi connectivity index (χ1n) is 18.0. The molecule has 3 fully saturated rings. The third-order valence-electron chi connectivity index (χ3n) is 10.1. The molecular weight excluding hydrogens is 623 g/mol. The van der Waals surface area contributed by atoms with Crippen molar-refractivity contribution in [2.75, 3.05) is 45.9 Å². The SMILES string of the molecule is CCOc1ccc(CCN2C(=S)N([C@@H](CC(C)C)CN3CCCC3CN3C(=S)NC[C@@H]3Cc3ccc(O)cc3)C[C@@H]2CC(C)C)cc1.